The lowest BCUT2D eigenvalue weighted by Gasteiger charge is -2.10. The lowest BCUT2D eigenvalue weighted by molar-refractivity contribution is 0.795. The molecule has 5 nitrogen and oxygen atoms in total. The molecule has 0 unspecified atom stereocenters. The van der Waals surface area contributed by atoms with E-state index in [2.05, 4.69) is 51.9 Å². The molecular weight excluding hydrogens is 250 g/mol. The molecule has 0 fully saturated rings. The summed E-state index contributed by atoms with van der Waals surface area (Å²) < 4.78 is 0. The number of nitrogen functional groups attached to an aromatic ring is 1. The number of benzene rings is 1. The Morgan fingerprint density at radius 3 is 2.60 bits per heavy atom. The number of hydrazine groups is 1. The standard InChI is InChI=1S/C15H21N5/c1-3-4-5-12-6-8-13(9-7-12)18-14-11(2)10-17-15(19-14)20-16/h6-10H,3-5,16H2,1-2H3,(H2,17,18,19,20). The van der Waals surface area contributed by atoms with E-state index in [1.165, 1.54) is 18.4 Å². The Morgan fingerprint density at radius 2 is 1.95 bits per heavy atom. The number of nitrogens with two attached hydrogens (primary N) is 1. The van der Waals surface area contributed by atoms with Crippen molar-refractivity contribution >= 4 is 17.5 Å². The maximum Gasteiger partial charge on any atom is 0.239 e. The smallest absolute Gasteiger partial charge is 0.239 e. The minimum Gasteiger partial charge on any atom is -0.340 e. The van der Waals surface area contributed by atoms with Crippen LogP contribution in [0.2, 0.25) is 0 Å². The molecule has 2 rings (SSSR count). The van der Waals surface area contributed by atoms with Crippen LogP contribution in [0.3, 0.4) is 0 Å². The summed E-state index contributed by atoms with van der Waals surface area (Å²) in [5.74, 6) is 6.48. The number of aromatic nitrogens is 2. The van der Waals surface area contributed by atoms with Crippen LogP contribution < -0.4 is 16.6 Å². The van der Waals surface area contributed by atoms with E-state index < -0.39 is 0 Å². The highest BCUT2D eigenvalue weighted by Gasteiger charge is 2.03. The SMILES string of the molecule is CCCCc1ccc(Nc2nc(NN)ncc2C)cc1. The van der Waals surface area contributed by atoms with E-state index in [-0.39, 0.29) is 0 Å². The van der Waals surface area contributed by atoms with Crippen molar-refractivity contribution in [2.75, 3.05) is 10.7 Å². The van der Waals surface area contributed by atoms with Gasteiger partial charge < -0.3 is 5.32 Å². The van der Waals surface area contributed by atoms with Gasteiger partial charge in [-0.2, -0.15) is 4.98 Å². The highest BCUT2D eigenvalue weighted by Crippen LogP contribution is 2.19. The largest absolute Gasteiger partial charge is 0.340 e. The lowest BCUT2D eigenvalue weighted by atomic mass is 10.1. The Morgan fingerprint density at radius 1 is 1.20 bits per heavy atom. The second-order valence-electron chi connectivity index (χ2n) is 4.80. The van der Waals surface area contributed by atoms with Crippen LogP contribution in [0.4, 0.5) is 17.5 Å². The molecule has 5 heteroatoms. The number of hydrogen-bond acceptors (Lipinski definition) is 5. The van der Waals surface area contributed by atoms with Crippen LogP contribution in [-0.4, -0.2) is 9.97 Å². The summed E-state index contributed by atoms with van der Waals surface area (Å²) in [6.45, 7) is 4.16. The molecule has 0 atom stereocenters. The zero-order valence-corrected chi connectivity index (χ0v) is 12.0. The number of aryl methyl sites for hydroxylation is 2. The summed E-state index contributed by atoms with van der Waals surface area (Å²) in [4.78, 5) is 8.36. The van der Waals surface area contributed by atoms with Gasteiger partial charge in [0.15, 0.2) is 0 Å². The molecule has 0 spiro atoms. The predicted octanol–water partition coefficient (Wildman–Crippen LogP) is 3.16. The summed E-state index contributed by atoms with van der Waals surface area (Å²) in [7, 11) is 0. The van der Waals surface area contributed by atoms with Crippen LogP contribution in [-0.2, 0) is 6.42 Å². The molecule has 1 aromatic carbocycles. The van der Waals surface area contributed by atoms with Crippen LogP contribution in [0, 0.1) is 6.92 Å². The van der Waals surface area contributed by atoms with E-state index >= 15 is 0 Å². The number of nitrogens with one attached hydrogen (secondary N) is 2. The topological polar surface area (TPSA) is 75.9 Å². The van der Waals surface area contributed by atoms with Gasteiger partial charge in [0.25, 0.3) is 0 Å². The second kappa shape index (κ2) is 6.86. The number of nitrogens with zero attached hydrogens (tertiary/aromatic N) is 2. The van der Waals surface area contributed by atoms with E-state index in [9.17, 15) is 0 Å². The number of anilines is 3. The van der Waals surface area contributed by atoms with Gasteiger partial charge in [0, 0.05) is 17.4 Å². The molecular formula is C15H21N5. The first-order chi connectivity index (χ1) is 9.72. The summed E-state index contributed by atoms with van der Waals surface area (Å²) in [5.41, 5.74) is 5.79. The molecule has 4 N–H and O–H groups in total. The fourth-order valence-corrected chi connectivity index (χ4v) is 1.91. The van der Waals surface area contributed by atoms with Crippen LogP contribution in [0.25, 0.3) is 0 Å². The predicted molar refractivity (Wildman–Crippen MR) is 82.9 cm³/mol. The van der Waals surface area contributed by atoms with E-state index in [1.807, 2.05) is 6.92 Å². The number of hydrogen-bond donors (Lipinski definition) is 3. The molecule has 0 aliphatic carbocycles. The van der Waals surface area contributed by atoms with Crippen LogP contribution >= 0.6 is 0 Å². The molecule has 0 radical (unpaired) electrons. The van der Waals surface area contributed by atoms with Crippen molar-refractivity contribution in [2.45, 2.75) is 33.1 Å². The fraction of sp³-hybridized carbons (Fsp3) is 0.333. The summed E-state index contributed by atoms with van der Waals surface area (Å²) in [6.07, 6.45) is 5.31. The zero-order valence-electron chi connectivity index (χ0n) is 12.0. The molecule has 0 aliphatic heterocycles. The molecule has 0 aliphatic rings. The van der Waals surface area contributed by atoms with Gasteiger partial charge in [-0.3, -0.25) is 5.43 Å². The molecule has 2 aromatic rings. The Labute approximate surface area is 119 Å². The monoisotopic (exact) mass is 271 g/mol. The highest BCUT2D eigenvalue weighted by atomic mass is 15.3. The average Bonchev–Trinajstić information content (AvgIpc) is 2.49. The summed E-state index contributed by atoms with van der Waals surface area (Å²) in [5, 5.41) is 3.28. The van der Waals surface area contributed by atoms with Crippen molar-refractivity contribution in [1.82, 2.24) is 9.97 Å². The molecule has 1 aromatic heterocycles. The Bertz CT molecular complexity index is 551. The first-order valence-corrected chi connectivity index (χ1v) is 6.89. The molecule has 106 valence electrons. The first-order valence-electron chi connectivity index (χ1n) is 6.89. The van der Waals surface area contributed by atoms with Gasteiger partial charge in [0.2, 0.25) is 5.95 Å². The van der Waals surface area contributed by atoms with Crippen molar-refractivity contribution < 1.29 is 0 Å². The van der Waals surface area contributed by atoms with E-state index in [1.54, 1.807) is 6.20 Å². The first kappa shape index (κ1) is 14.3. The third-order valence-electron chi connectivity index (χ3n) is 3.14. The van der Waals surface area contributed by atoms with E-state index in [4.69, 9.17) is 5.84 Å². The van der Waals surface area contributed by atoms with Gasteiger partial charge in [-0.15, -0.1) is 0 Å². The van der Waals surface area contributed by atoms with Gasteiger partial charge >= 0.3 is 0 Å². The average molecular weight is 271 g/mol. The van der Waals surface area contributed by atoms with Gasteiger partial charge in [0.1, 0.15) is 5.82 Å². The molecule has 0 saturated heterocycles. The van der Waals surface area contributed by atoms with Crippen molar-refractivity contribution in [2.24, 2.45) is 5.84 Å². The van der Waals surface area contributed by atoms with Crippen molar-refractivity contribution in [3.8, 4) is 0 Å². The molecule has 20 heavy (non-hydrogen) atoms. The quantitative estimate of drug-likeness (QED) is 0.556. The Hall–Kier alpha value is -2.14. The van der Waals surface area contributed by atoms with Gasteiger partial charge in [-0.05, 0) is 37.5 Å². The van der Waals surface area contributed by atoms with E-state index in [0.717, 1.165) is 23.5 Å². The molecule has 0 amide bonds. The fourth-order valence-electron chi connectivity index (χ4n) is 1.91. The van der Waals surface area contributed by atoms with Crippen molar-refractivity contribution in [1.29, 1.82) is 0 Å². The van der Waals surface area contributed by atoms with Gasteiger partial charge in [-0.25, -0.2) is 10.8 Å². The third-order valence-corrected chi connectivity index (χ3v) is 3.14. The van der Waals surface area contributed by atoms with Crippen LogP contribution in [0.5, 0.6) is 0 Å². The van der Waals surface area contributed by atoms with Crippen molar-refractivity contribution in [3.05, 3.63) is 41.6 Å². The Kier molecular flexibility index (Phi) is 4.90. The van der Waals surface area contributed by atoms with E-state index in [0.29, 0.717) is 5.95 Å². The second-order valence-corrected chi connectivity index (χ2v) is 4.80. The van der Waals surface area contributed by atoms with Crippen molar-refractivity contribution in [3.63, 3.8) is 0 Å². The lowest BCUT2D eigenvalue weighted by Crippen LogP contribution is -2.11. The van der Waals surface area contributed by atoms with Crippen LogP contribution in [0.1, 0.15) is 30.9 Å². The third kappa shape index (κ3) is 3.68. The normalized spacial score (nSPS) is 10.3. The maximum absolute atomic E-state index is 5.33. The molecule has 1 heterocycles. The van der Waals surface area contributed by atoms with Crippen LogP contribution in [0.15, 0.2) is 30.5 Å². The minimum atomic E-state index is 0.401. The minimum absolute atomic E-state index is 0.401. The Balaban J connectivity index is 2.09. The number of unbranched alkanes of at least 4 members (excludes halogenated alkanes) is 1. The zero-order chi connectivity index (χ0) is 14.4. The highest BCUT2D eigenvalue weighted by molar-refractivity contribution is 5.60. The van der Waals surface area contributed by atoms with Gasteiger partial charge in [-0.1, -0.05) is 25.5 Å². The summed E-state index contributed by atoms with van der Waals surface area (Å²) in [6, 6.07) is 8.44. The van der Waals surface area contributed by atoms with Gasteiger partial charge in [0.05, 0.1) is 0 Å². The maximum atomic E-state index is 5.33. The molecule has 0 bridgehead atoms. The summed E-state index contributed by atoms with van der Waals surface area (Å²) >= 11 is 0. The number of rotatable bonds is 6. The molecule has 0 saturated carbocycles.